The highest BCUT2D eigenvalue weighted by Gasteiger charge is 2.38. The van der Waals surface area contributed by atoms with Gasteiger partial charge >= 0.3 is 0 Å². The van der Waals surface area contributed by atoms with E-state index in [1.54, 1.807) is 7.11 Å². The van der Waals surface area contributed by atoms with Crippen LogP contribution in [-0.4, -0.2) is 49.1 Å². The molecule has 0 spiro atoms. The molecule has 21 heavy (non-hydrogen) atoms. The summed E-state index contributed by atoms with van der Waals surface area (Å²) in [4.78, 5) is 25.0. The summed E-state index contributed by atoms with van der Waals surface area (Å²) in [5.74, 6) is -0.750. The van der Waals surface area contributed by atoms with E-state index in [2.05, 4.69) is 0 Å². The molecular formula is C15H20N2O4. The van der Waals surface area contributed by atoms with Crippen LogP contribution in [0.25, 0.3) is 0 Å². The van der Waals surface area contributed by atoms with E-state index >= 15 is 0 Å². The first kappa shape index (κ1) is 15.5. The first-order valence-corrected chi connectivity index (χ1v) is 6.85. The zero-order chi connectivity index (χ0) is 15.2. The van der Waals surface area contributed by atoms with Crippen LogP contribution >= 0.6 is 0 Å². The SMILES string of the molecule is CO[C@H]1C[C@@H](C(N)=O)N(C(=O)COCc2ccccc2)C1. The monoisotopic (exact) mass is 292 g/mol. The maximum absolute atomic E-state index is 12.1. The first-order chi connectivity index (χ1) is 10.1. The highest BCUT2D eigenvalue weighted by atomic mass is 16.5. The Hall–Kier alpha value is -1.92. The minimum Gasteiger partial charge on any atom is -0.380 e. The highest BCUT2D eigenvalue weighted by Crippen LogP contribution is 2.20. The van der Waals surface area contributed by atoms with E-state index < -0.39 is 11.9 Å². The molecule has 1 aliphatic heterocycles. The summed E-state index contributed by atoms with van der Waals surface area (Å²) in [6.45, 7) is 0.655. The molecule has 2 atom stereocenters. The van der Waals surface area contributed by atoms with Crippen LogP contribution in [0, 0.1) is 0 Å². The van der Waals surface area contributed by atoms with Gasteiger partial charge in [0.25, 0.3) is 0 Å². The second-order valence-electron chi connectivity index (χ2n) is 5.04. The van der Waals surface area contributed by atoms with Crippen LogP contribution in [0.15, 0.2) is 30.3 Å². The summed E-state index contributed by atoms with van der Waals surface area (Å²) in [6, 6.07) is 8.98. The van der Waals surface area contributed by atoms with E-state index in [4.69, 9.17) is 15.2 Å². The molecule has 1 fully saturated rings. The lowest BCUT2D eigenvalue weighted by Crippen LogP contribution is -2.45. The summed E-state index contributed by atoms with van der Waals surface area (Å²) >= 11 is 0. The molecule has 0 radical (unpaired) electrons. The van der Waals surface area contributed by atoms with Gasteiger partial charge in [0.1, 0.15) is 12.6 Å². The number of nitrogens with zero attached hydrogens (tertiary/aromatic N) is 1. The van der Waals surface area contributed by atoms with Gasteiger partial charge in [-0.25, -0.2) is 0 Å². The zero-order valence-corrected chi connectivity index (χ0v) is 12.0. The Morgan fingerprint density at radius 2 is 2.05 bits per heavy atom. The van der Waals surface area contributed by atoms with Crippen LogP contribution in [0.4, 0.5) is 0 Å². The summed E-state index contributed by atoms with van der Waals surface area (Å²) in [5.41, 5.74) is 6.33. The zero-order valence-electron chi connectivity index (χ0n) is 12.0. The number of amides is 2. The van der Waals surface area contributed by atoms with Crippen molar-refractivity contribution in [2.24, 2.45) is 5.73 Å². The lowest BCUT2D eigenvalue weighted by Gasteiger charge is -2.21. The maximum Gasteiger partial charge on any atom is 0.249 e. The second-order valence-corrected chi connectivity index (χ2v) is 5.04. The Morgan fingerprint density at radius 3 is 2.67 bits per heavy atom. The topological polar surface area (TPSA) is 81.9 Å². The number of methoxy groups -OCH3 is 1. The highest BCUT2D eigenvalue weighted by molar-refractivity contribution is 5.87. The molecule has 1 aromatic carbocycles. The minimum atomic E-state index is -0.609. The third kappa shape index (κ3) is 4.03. The minimum absolute atomic E-state index is 0.0743. The lowest BCUT2D eigenvalue weighted by molar-refractivity contribution is -0.141. The van der Waals surface area contributed by atoms with Crippen molar-refractivity contribution in [3.63, 3.8) is 0 Å². The average Bonchev–Trinajstić information content (AvgIpc) is 2.93. The number of primary amides is 1. The predicted octanol–water partition coefficient (Wildman–Crippen LogP) is 0.304. The van der Waals surface area contributed by atoms with Crippen LogP contribution in [0.2, 0.25) is 0 Å². The number of carbonyl (C=O) groups excluding carboxylic acids is 2. The molecule has 1 saturated heterocycles. The number of nitrogens with two attached hydrogens (primary N) is 1. The van der Waals surface area contributed by atoms with E-state index in [-0.39, 0.29) is 18.6 Å². The summed E-state index contributed by atoms with van der Waals surface area (Å²) in [7, 11) is 1.56. The number of likely N-dealkylation sites (tertiary alicyclic amines) is 1. The fourth-order valence-corrected chi connectivity index (χ4v) is 2.43. The van der Waals surface area contributed by atoms with Crippen LogP contribution < -0.4 is 5.73 Å². The molecule has 6 nitrogen and oxygen atoms in total. The van der Waals surface area contributed by atoms with Crippen LogP contribution in [-0.2, 0) is 25.7 Å². The number of ether oxygens (including phenoxy) is 2. The van der Waals surface area contributed by atoms with Gasteiger partial charge in [-0.3, -0.25) is 9.59 Å². The molecule has 1 aromatic rings. The second kappa shape index (κ2) is 7.19. The Balaban J connectivity index is 1.85. The Kier molecular flexibility index (Phi) is 5.30. The molecule has 0 aliphatic carbocycles. The van der Waals surface area contributed by atoms with E-state index in [1.807, 2.05) is 30.3 Å². The normalized spacial score (nSPS) is 21.5. The van der Waals surface area contributed by atoms with Gasteiger partial charge in [0.05, 0.1) is 12.7 Å². The van der Waals surface area contributed by atoms with Gasteiger partial charge in [0.15, 0.2) is 0 Å². The lowest BCUT2D eigenvalue weighted by atomic mass is 10.2. The Bertz CT molecular complexity index is 492. The molecular weight excluding hydrogens is 272 g/mol. The van der Waals surface area contributed by atoms with Crippen molar-refractivity contribution in [2.75, 3.05) is 20.3 Å². The van der Waals surface area contributed by atoms with E-state index in [9.17, 15) is 9.59 Å². The predicted molar refractivity (Wildman–Crippen MR) is 76.2 cm³/mol. The van der Waals surface area contributed by atoms with Crippen LogP contribution in [0.1, 0.15) is 12.0 Å². The Labute approximate surface area is 123 Å². The molecule has 0 unspecified atom stereocenters. The van der Waals surface area contributed by atoms with Gasteiger partial charge in [0, 0.05) is 20.1 Å². The molecule has 0 saturated carbocycles. The fourth-order valence-electron chi connectivity index (χ4n) is 2.43. The third-order valence-electron chi connectivity index (χ3n) is 3.58. The summed E-state index contributed by atoms with van der Waals surface area (Å²) in [6.07, 6.45) is 0.288. The van der Waals surface area contributed by atoms with Gasteiger partial charge in [-0.1, -0.05) is 30.3 Å². The summed E-state index contributed by atoms with van der Waals surface area (Å²) in [5, 5.41) is 0. The molecule has 1 heterocycles. The number of hydrogen-bond acceptors (Lipinski definition) is 4. The largest absolute Gasteiger partial charge is 0.380 e. The molecule has 0 bridgehead atoms. The number of benzene rings is 1. The van der Waals surface area contributed by atoms with Crippen molar-refractivity contribution >= 4 is 11.8 Å². The molecule has 0 aromatic heterocycles. The van der Waals surface area contributed by atoms with Crippen molar-refractivity contribution in [1.29, 1.82) is 0 Å². The third-order valence-corrected chi connectivity index (χ3v) is 3.58. The molecule has 6 heteroatoms. The van der Waals surface area contributed by atoms with Gasteiger partial charge in [0.2, 0.25) is 11.8 Å². The van der Waals surface area contributed by atoms with E-state index in [1.165, 1.54) is 4.90 Å². The Morgan fingerprint density at radius 1 is 1.33 bits per heavy atom. The van der Waals surface area contributed by atoms with Crippen molar-refractivity contribution in [1.82, 2.24) is 4.90 Å². The standard InChI is InChI=1S/C15H20N2O4/c1-20-12-7-13(15(16)19)17(8-12)14(18)10-21-9-11-5-3-2-4-6-11/h2-6,12-13H,7-10H2,1H3,(H2,16,19)/t12-,13-/m0/s1. The average molecular weight is 292 g/mol. The van der Waals surface area contributed by atoms with Gasteiger partial charge in [-0.2, -0.15) is 0 Å². The van der Waals surface area contributed by atoms with Crippen molar-refractivity contribution in [3.8, 4) is 0 Å². The first-order valence-electron chi connectivity index (χ1n) is 6.85. The molecule has 114 valence electrons. The van der Waals surface area contributed by atoms with Gasteiger partial charge < -0.3 is 20.1 Å². The molecule has 2 amide bonds. The fraction of sp³-hybridized carbons (Fsp3) is 0.467. The smallest absolute Gasteiger partial charge is 0.249 e. The maximum atomic E-state index is 12.1. The van der Waals surface area contributed by atoms with Crippen molar-refractivity contribution in [3.05, 3.63) is 35.9 Å². The van der Waals surface area contributed by atoms with E-state index in [0.29, 0.717) is 19.6 Å². The quantitative estimate of drug-likeness (QED) is 0.818. The number of carbonyl (C=O) groups is 2. The van der Waals surface area contributed by atoms with Crippen molar-refractivity contribution < 1.29 is 19.1 Å². The van der Waals surface area contributed by atoms with E-state index in [0.717, 1.165) is 5.56 Å². The summed E-state index contributed by atoms with van der Waals surface area (Å²) < 4.78 is 10.6. The molecule has 2 rings (SSSR count). The van der Waals surface area contributed by atoms with Gasteiger partial charge in [-0.05, 0) is 5.56 Å². The van der Waals surface area contributed by atoms with Crippen LogP contribution in [0.3, 0.4) is 0 Å². The van der Waals surface area contributed by atoms with Crippen LogP contribution in [0.5, 0.6) is 0 Å². The van der Waals surface area contributed by atoms with Gasteiger partial charge in [-0.15, -0.1) is 0 Å². The van der Waals surface area contributed by atoms with Crippen molar-refractivity contribution in [2.45, 2.75) is 25.2 Å². The molecule has 1 aliphatic rings. The number of rotatable bonds is 6. The number of hydrogen-bond donors (Lipinski definition) is 1. The molecule has 2 N–H and O–H groups in total.